The quantitative estimate of drug-likeness (QED) is 0.467. The zero-order chi connectivity index (χ0) is 9.56. The smallest absolute Gasteiger partial charge is 0.0985 e. The fourth-order valence-corrected chi connectivity index (χ4v) is 0.595. The Labute approximate surface area is 74.1 Å². The minimum absolute atomic E-state index is 0.243. The Bertz CT molecular complexity index is 233. The van der Waals surface area contributed by atoms with E-state index >= 15 is 0 Å². The maximum atomic E-state index is 8.41. The lowest BCUT2D eigenvalue weighted by Gasteiger charge is -2.18. The van der Waals surface area contributed by atoms with Crippen molar-refractivity contribution < 1.29 is 0 Å². The molecular formula is C10H14N2. The average molecular weight is 162 g/mol. The number of hydrogen-bond donors (Lipinski definition) is 0. The van der Waals surface area contributed by atoms with Gasteiger partial charge in [0.2, 0.25) is 0 Å². The molecule has 2 heteroatoms. The molecular weight excluding hydrogens is 148 g/mol. The molecule has 0 N–H and O–H groups in total. The standard InChI is InChI=1S/C10H14N2/c1-5-12(4)10(3)7-6-9(2)8-11/h5-7,10H,1-2H2,3-4H3/b7-6-. The molecule has 0 amide bonds. The van der Waals surface area contributed by atoms with Crippen LogP contribution in [0.5, 0.6) is 0 Å². The first-order valence-electron chi connectivity index (χ1n) is 3.73. The summed E-state index contributed by atoms with van der Waals surface area (Å²) < 4.78 is 0. The highest BCUT2D eigenvalue weighted by atomic mass is 15.1. The molecule has 0 aromatic carbocycles. The first-order valence-corrected chi connectivity index (χ1v) is 3.73. The van der Waals surface area contributed by atoms with Gasteiger partial charge in [0.25, 0.3) is 0 Å². The van der Waals surface area contributed by atoms with E-state index in [4.69, 9.17) is 5.26 Å². The average Bonchev–Trinajstić information content (AvgIpc) is 2.11. The van der Waals surface area contributed by atoms with Crippen LogP contribution in [0.15, 0.2) is 37.1 Å². The van der Waals surface area contributed by atoms with Gasteiger partial charge in [-0.05, 0) is 19.2 Å². The number of nitrogens with zero attached hydrogens (tertiary/aromatic N) is 2. The van der Waals surface area contributed by atoms with Crippen molar-refractivity contribution in [3.8, 4) is 6.07 Å². The fraction of sp³-hybridized carbons (Fsp3) is 0.300. The molecule has 12 heavy (non-hydrogen) atoms. The zero-order valence-electron chi connectivity index (χ0n) is 7.62. The number of likely N-dealkylation sites (N-methyl/N-ethyl adjacent to an activating group) is 1. The molecule has 0 saturated carbocycles. The second kappa shape index (κ2) is 5.20. The summed E-state index contributed by atoms with van der Waals surface area (Å²) >= 11 is 0. The van der Waals surface area contributed by atoms with Crippen molar-refractivity contribution in [1.82, 2.24) is 4.90 Å². The highest BCUT2D eigenvalue weighted by Crippen LogP contribution is 1.99. The summed E-state index contributed by atoms with van der Waals surface area (Å²) in [5.74, 6) is 0. The van der Waals surface area contributed by atoms with Crippen LogP contribution in [0.2, 0.25) is 0 Å². The first kappa shape index (κ1) is 10.5. The number of allylic oxidation sites excluding steroid dienone is 2. The summed E-state index contributed by atoms with van der Waals surface area (Å²) in [6.45, 7) is 9.19. The van der Waals surface area contributed by atoms with Crippen LogP contribution in [0.4, 0.5) is 0 Å². The van der Waals surface area contributed by atoms with Crippen LogP contribution in [0, 0.1) is 11.3 Å². The van der Waals surface area contributed by atoms with E-state index in [2.05, 4.69) is 13.2 Å². The first-order chi connectivity index (χ1) is 5.61. The van der Waals surface area contributed by atoms with Crippen molar-refractivity contribution in [3.63, 3.8) is 0 Å². The van der Waals surface area contributed by atoms with Crippen LogP contribution >= 0.6 is 0 Å². The van der Waals surface area contributed by atoms with Gasteiger partial charge in [0, 0.05) is 18.7 Å². The zero-order valence-corrected chi connectivity index (χ0v) is 7.62. The van der Waals surface area contributed by atoms with Crippen molar-refractivity contribution in [2.75, 3.05) is 7.05 Å². The molecule has 0 aliphatic heterocycles. The van der Waals surface area contributed by atoms with E-state index in [1.165, 1.54) is 0 Å². The molecule has 0 fully saturated rings. The number of hydrogen-bond acceptors (Lipinski definition) is 2. The predicted molar refractivity (Wildman–Crippen MR) is 51.3 cm³/mol. The predicted octanol–water partition coefficient (Wildman–Crippen LogP) is 2.09. The summed E-state index contributed by atoms with van der Waals surface area (Å²) in [7, 11) is 1.93. The normalized spacial score (nSPS) is 12.1. The molecule has 0 radical (unpaired) electrons. The number of nitriles is 1. The molecule has 0 spiro atoms. The van der Waals surface area contributed by atoms with E-state index in [-0.39, 0.29) is 6.04 Å². The number of rotatable bonds is 4. The van der Waals surface area contributed by atoms with E-state index in [9.17, 15) is 0 Å². The van der Waals surface area contributed by atoms with Crippen LogP contribution in [0.1, 0.15) is 6.92 Å². The maximum absolute atomic E-state index is 8.41. The summed E-state index contributed by atoms with van der Waals surface area (Å²) in [4.78, 5) is 1.95. The minimum Gasteiger partial charge on any atom is -0.375 e. The van der Waals surface area contributed by atoms with Gasteiger partial charge in [-0.15, -0.1) is 0 Å². The highest BCUT2D eigenvalue weighted by molar-refractivity contribution is 5.29. The lowest BCUT2D eigenvalue weighted by atomic mass is 10.2. The molecule has 0 saturated heterocycles. The van der Waals surface area contributed by atoms with Gasteiger partial charge in [0.05, 0.1) is 6.07 Å². The molecule has 1 unspecified atom stereocenters. The van der Waals surface area contributed by atoms with Crippen molar-refractivity contribution in [2.24, 2.45) is 0 Å². The van der Waals surface area contributed by atoms with Crippen LogP contribution in [0.3, 0.4) is 0 Å². The fourth-order valence-electron chi connectivity index (χ4n) is 0.595. The SMILES string of the molecule is C=CN(C)C(C)/C=C\C(=C)C#N. The van der Waals surface area contributed by atoms with Crippen LogP contribution < -0.4 is 0 Å². The summed E-state index contributed by atoms with van der Waals surface area (Å²) in [6, 6.07) is 2.19. The van der Waals surface area contributed by atoms with Gasteiger partial charge in [0.1, 0.15) is 0 Å². The van der Waals surface area contributed by atoms with Gasteiger partial charge in [-0.1, -0.05) is 19.2 Å². The molecule has 2 nitrogen and oxygen atoms in total. The van der Waals surface area contributed by atoms with E-state index in [1.807, 2.05) is 31.0 Å². The van der Waals surface area contributed by atoms with Gasteiger partial charge in [-0.2, -0.15) is 5.26 Å². The van der Waals surface area contributed by atoms with E-state index in [1.54, 1.807) is 12.3 Å². The lowest BCUT2D eigenvalue weighted by molar-refractivity contribution is 0.409. The Morgan fingerprint density at radius 2 is 2.25 bits per heavy atom. The van der Waals surface area contributed by atoms with Crippen LogP contribution in [-0.2, 0) is 0 Å². The molecule has 0 aromatic rings. The van der Waals surface area contributed by atoms with Crippen LogP contribution in [-0.4, -0.2) is 18.0 Å². The van der Waals surface area contributed by atoms with Crippen molar-refractivity contribution in [2.45, 2.75) is 13.0 Å². The van der Waals surface area contributed by atoms with Gasteiger partial charge in [0.15, 0.2) is 0 Å². The van der Waals surface area contributed by atoms with Crippen molar-refractivity contribution in [1.29, 1.82) is 5.26 Å². The molecule has 0 bridgehead atoms. The molecule has 0 aliphatic rings. The molecule has 0 rings (SSSR count). The lowest BCUT2D eigenvalue weighted by Crippen LogP contribution is -2.20. The van der Waals surface area contributed by atoms with Gasteiger partial charge < -0.3 is 4.90 Å². The Morgan fingerprint density at radius 1 is 1.67 bits per heavy atom. The monoisotopic (exact) mass is 162 g/mol. The van der Waals surface area contributed by atoms with E-state index in [0.29, 0.717) is 5.57 Å². The topological polar surface area (TPSA) is 27.0 Å². The van der Waals surface area contributed by atoms with Gasteiger partial charge in [-0.25, -0.2) is 0 Å². The second-order valence-electron chi connectivity index (χ2n) is 2.58. The van der Waals surface area contributed by atoms with Crippen molar-refractivity contribution >= 4 is 0 Å². The van der Waals surface area contributed by atoms with Crippen molar-refractivity contribution in [3.05, 3.63) is 37.1 Å². The third-order valence-corrected chi connectivity index (χ3v) is 1.65. The highest BCUT2D eigenvalue weighted by Gasteiger charge is 1.98. The molecule has 1 atom stereocenters. The van der Waals surface area contributed by atoms with Gasteiger partial charge >= 0.3 is 0 Å². The third-order valence-electron chi connectivity index (χ3n) is 1.65. The van der Waals surface area contributed by atoms with E-state index in [0.717, 1.165) is 0 Å². The Balaban J connectivity index is 4.09. The summed E-state index contributed by atoms with van der Waals surface area (Å²) in [5.41, 5.74) is 0.472. The molecule has 0 heterocycles. The Morgan fingerprint density at radius 3 is 2.67 bits per heavy atom. The third kappa shape index (κ3) is 3.62. The minimum atomic E-state index is 0.243. The molecule has 0 aliphatic carbocycles. The van der Waals surface area contributed by atoms with Gasteiger partial charge in [-0.3, -0.25) is 0 Å². The molecule has 0 aromatic heterocycles. The molecule has 64 valence electrons. The summed E-state index contributed by atoms with van der Waals surface area (Å²) in [5, 5.41) is 8.41. The summed E-state index contributed by atoms with van der Waals surface area (Å²) in [6.07, 6.45) is 5.36. The van der Waals surface area contributed by atoms with Crippen LogP contribution in [0.25, 0.3) is 0 Å². The van der Waals surface area contributed by atoms with E-state index < -0.39 is 0 Å². The Kier molecular flexibility index (Phi) is 4.55. The second-order valence-corrected chi connectivity index (χ2v) is 2.58. The largest absolute Gasteiger partial charge is 0.375 e. The Hall–Kier alpha value is -1.49. The maximum Gasteiger partial charge on any atom is 0.0985 e.